The molecule has 6 nitrogen and oxygen atoms in total. The zero-order chi connectivity index (χ0) is 15.9. The first kappa shape index (κ1) is 16.4. The maximum absolute atomic E-state index is 10.1. The van der Waals surface area contributed by atoms with E-state index in [1.807, 2.05) is 17.7 Å². The molecule has 3 rings (SSSR count). The average Bonchev–Trinajstić information content (AvgIpc) is 2.83. The minimum atomic E-state index is -0.286. The largest absolute Gasteiger partial charge is 0.351 e. The molecule has 0 unspecified atom stereocenters. The van der Waals surface area contributed by atoms with E-state index in [0.29, 0.717) is 5.25 Å². The molecular formula is C15H21N5OS. The van der Waals surface area contributed by atoms with Crippen molar-refractivity contribution in [2.75, 3.05) is 13.1 Å². The molecule has 0 spiro atoms. The monoisotopic (exact) mass is 319 g/mol. The van der Waals surface area contributed by atoms with Crippen LogP contribution in [0.5, 0.6) is 0 Å². The number of aromatic nitrogens is 3. The number of urea groups is 1. The second-order valence-corrected chi connectivity index (χ2v) is 6.38. The van der Waals surface area contributed by atoms with Crippen LogP contribution in [0.3, 0.4) is 0 Å². The first-order chi connectivity index (χ1) is 10.6. The lowest BCUT2D eigenvalue weighted by molar-refractivity contribution is 0.177. The number of nitrogens with two attached hydrogens (primary N) is 1. The van der Waals surface area contributed by atoms with E-state index in [-0.39, 0.29) is 6.03 Å². The number of primary amides is 1. The predicted molar refractivity (Wildman–Crippen MR) is 87.5 cm³/mol. The lowest BCUT2D eigenvalue weighted by Crippen LogP contribution is -2.45. The van der Waals surface area contributed by atoms with Crippen molar-refractivity contribution in [1.82, 2.24) is 19.7 Å². The number of carbonyl (C=O) groups is 1. The summed E-state index contributed by atoms with van der Waals surface area (Å²) < 4.78 is 1.93. The Labute approximate surface area is 134 Å². The molecule has 7 heteroatoms. The summed E-state index contributed by atoms with van der Waals surface area (Å²) in [5.74, 6) is 0. The fraction of sp³-hybridized carbons (Fsp3) is 0.400. The van der Waals surface area contributed by atoms with Crippen LogP contribution in [0.4, 0.5) is 4.79 Å². The fourth-order valence-electron chi connectivity index (χ4n) is 1.87. The normalized spacial score (nSPS) is 14.5. The van der Waals surface area contributed by atoms with Crippen LogP contribution in [0, 0.1) is 0 Å². The molecule has 1 aromatic carbocycles. The Morgan fingerprint density at radius 1 is 1.32 bits per heavy atom. The summed E-state index contributed by atoms with van der Waals surface area (Å²) in [6, 6.07) is 10.1. The van der Waals surface area contributed by atoms with Gasteiger partial charge in [0.1, 0.15) is 6.33 Å². The minimum absolute atomic E-state index is 0.286. The van der Waals surface area contributed by atoms with Crippen molar-refractivity contribution in [2.24, 2.45) is 12.8 Å². The van der Waals surface area contributed by atoms with Crippen LogP contribution in [-0.4, -0.2) is 38.8 Å². The lowest BCUT2D eigenvalue weighted by atomic mass is 10.2. The third kappa shape index (κ3) is 4.49. The van der Waals surface area contributed by atoms with Crippen LogP contribution in [0.2, 0.25) is 0 Å². The maximum Gasteiger partial charge on any atom is 0.314 e. The highest BCUT2D eigenvalue weighted by atomic mass is 32.2. The highest BCUT2D eigenvalue weighted by Gasteiger charge is 2.15. The smallest absolute Gasteiger partial charge is 0.314 e. The summed E-state index contributed by atoms with van der Waals surface area (Å²) in [4.78, 5) is 11.7. The summed E-state index contributed by atoms with van der Waals surface area (Å²) in [5, 5.41) is 9.27. The number of likely N-dealkylation sites (tertiary alicyclic amines) is 1. The zero-order valence-corrected chi connectivity index (χ0v) is 13.7. The van der Waals surface area contributed by atoms with Gasteiger partial charge in [-0.25, -0.2) is 4.79 Å². The topological polar surface area (TPSA) is 77.0 Å². The van der Waals surface area contributed by atoms with Gasteiger partial charge in [-0.15, -0.1) is 10.2 Å². The lowest BCUT2D eigenvalue weighted by Gasteiger charge is -2.28. The molecule has 1 atom stereocenters. The molecule has 0 aliphatic carbocycles. The van der Waals surface area contributed by atoms with Crippen molar-refractivity contribution < 1.29 is 4.79 Å². The van der Waals surface area contributed by atoms with Crippen LogP contribution in [0.1, 0.15) is 24.2 Å². The predicted octanol–water partition coefficient (Wildman–Crippen LogP) is 2.44. The van der Waals surface area contributed by atoms with Gasteiger partial charge in [0, 0.05) is 25.4 Å². The molecule has 2 N–H and O–H groups in total. The molecule has 1 aliphatic heterocycles. The van der Waals surface area contributed by atoms with E-state index < -0.39 is 0 Å². The summed E-state index contributed by atoms with van der Waals surface area (Å²) in [6.45, 7) is 3.89. The quantitative estimate of drug-likeness (QED) is 0.882. The maximum atomic E-state index is 10.1. The van der Waals surface area contributed by atoms with Gasteiger partial charge in [0.25, 0.3) is 0 Å². The highest BCUT2D eigenvalue weighted by Crippen LogP contribution is 2.32. The van der Waals surface area contributed by atoms with Gasteiger partial charge in [0.05, 0.1) is 0 Å². The molecule has 1 saturated heterocycles. The zero-order valence-electron chi connectivity index (χ0n) is 12.8. The standard InChI is InChI=1S/C11H13N3S.C4H8N2O/c1-9(10-6-4-3-5-7-10)15-11-13-12-8-14(11)2;5-4(7)6-2-1-3-6/h3-9H,1-2H3;1-3H2,(H2,5,7)/t9-;/m0./s1. The van der Waals surface area contributed by atoms with E-state index >= 15 is 0 Å². The van der Waals surface area contributed by atoms with E-state index in [9.17, 15) is 4.79 Å². The molecular weight excluding hydrogens is 298 g/mol. The molecule has 0 bridgehead atoms. The number of rotatable bonds is 3. The second-order valence-electron chi connectivity index (χ2n) is 5.07. The number of amides is 2. The van der Waals surface area contributed by atoms with E-state index in [4.69, 9.17) is 5.73 Å². The summed E-state index contributed by atoms with van der Waals surface area (Å²) in [6.07, 6.45) is 2.84. The summed E-state index contributed by atoms with van der Waals surface area (Å²) >= 11 is 1.72. The molecule has 1 aliphatic rings. The van der Waals surface area contributed by atoms with Gasteiger partial charge >= 0.3 is 6.03 Å². The van der Waals surface area contributed by atoms with Crippen LogP contribution in [-0.2, 0) is 7.05 Å². The Morgan fingerprint density at radius 3 is 2.41 bits per heavy atom. The molecule has 0 radical (unpaired) electrons. The third-order valence-electron chi connectivity index (χ3n) is 3.39. The molecule has 2 amide bonds. The number of carbonyl (C=O) groups excluding carboxylic acids is 1. The number of benzene rings is 1. The van der Waals surface area contributed by atoms with E-state index in [2.05, 4.69) is 41.4 Å². The molecule has 2 aromatic rings. The van der Waals surface area contributed by atoms with Gasteiger partial charge in [0.15, 0.2) is 5.16 Å². The molecule has 2 heterocycles. The van der Waals surface area contributed by atoms with E-state index in [0.717, 1.165) is 24.7 Å². The Hall–Kier alpha value is -2.02. The van der Waals surface area contributed by atoms with Crippen molar-refractivity contribution in [3.05, 3.63) is 42.2 Å². The van der Waals surface area contributed by atoms with Gasteiger partial charge < -0.3 is 15.2 Å². The van der Waals surface area contributed by atoms with Crippen LogP contribution in [0.25, 0.3) is 0 Å². The van der Waals surface area contributed by atoms with Crippen molar-refractivity contribution in [1.29, 1.82) is 0 Å². The first-order valence-corrected chi connectivity index (χ1v) is 8.06. The minimum Gasteiger partial charge on any atom is -0.351 e. The number of hydrogen-bond donors (Lipinski definition) is 1. The summed E-state index contributed by atoms with van der Waals surface area (Å²) in [7, 11) is 1.96. The number of nitrogens with zero attached hydrogens (tertiary/aromatic N) is 4. The van der Waals surface area contributed by atoms with Crippen LogP contribution < -0.4 is 5.73 Å². The van der Waals surface area contributed by atoms with Gasteiger partial charge in [-0.1, -0.05) is 42.1 Å². The van der Waals surface area contributed by atoms with Gasteiger partial charge in [0.2, 0.25) is 0 Å². The fourth-order valence-corrected chi connectivity index (χ4v) is 2.78. The van der Waals surface area contributed by atoms with Crippen molar-refractivity contribution in [3.63, 3.8) is 0 Å². The SMILES string of the molecule is C[C@H](Sc1nncn1C)c1ccccc1.NC(=O)N1CCC1. The Balaban J connectivity index is 0.000000211. The number of thioether (sulfide) groups is 1. The number of hydrogen-bond acceptors (Lipinski definition) is 4. The molecule has 22 heavy (non-hydrogen) atoms. The first-order valence-electron chi connectivity index (χ1n) is 7.18. The highest BCUT2D eigenvalue weighted by molar-refractivity contribution is 7.99. The Kier molecular flexibility index (Phi) is 5.83. The third-order valence-corrected chi connectivity index (χ3v) is 4.59. The van der Waals surface area contributed by atoms with Crippen molar-refractivity contribution in [2.45, 2.75) is 23.8 Å². The molecule has 0 saturated carbocycles. The summed E-state index contributed by atoms with van der Waals surface area (Å²) in [5.41, 5.74) is 6.20. The molecule has 1 aromatic heterocycles. The van der Waals surface area contributed by atoms with Crippen LogP contribution >= 0.6 is 11.8 Å². The average molecular weight is 319 g/mol. The molecule has 1 fully saturated rings. The molecule has 118 valence electrons. The van der Waals surface area contributed by atoms with Gasteiger partial charge in [-0.3, -0.25) is 0 Å². The Morgan fingerprint density at radius 2 is 2.00 bits per heavy atom. The Bertz CT molecular complexity index is 597. The van der Waals surface area contributed by atoms with E-state index in [1.165, 1.54) is 5.56 Å². The second kappa shape index (κ2) is 7.84. The van der Waals surface area contributed by atoms with Crippen molar-refractivity contribution >= 4 is 17.8 Å². The van der Waals surface area contributed by atoms with E-state index in [1.54, 1.807) is 23.0 Å². The number of aryl methyl sites for hydroxylation is 1. The van der Waals surface area contributed by atoms with Gasteiger partial charge in [-0.2, -0.15) is 0 Å². The van der Waals surface area contributed by atoms with Crippen molar-refractivity contribution in [3.8, 4) is 0 Å². The van der Waals surface area contributed by atoms with Gasteiger partial charge in [-0.05, 0) is 18.9 Å². The van der Waals surface area contributed by atoms with Crippen LogP contribution in [0.15, 0.2) is 41.8 Å².